The summed E-state index contributed by atoms with van der Waals surface area (Å²) in [6, 6.07) is 18.4. The highest BCUT2D eigenvalue weighted by Crippen LogP contribution is 2.46. The molecule has 0 unspecified atom stereocenters. The summed E-state index contributed by atoms with van der Waals surface area (Å²) in [4.78, 5) is 26.5. The van der Waals surface area contributed by atoms with Crippen molar-refractivity contribution in [2.75, 3.05) is 20.2 Å². The van der Waals surface area contributed by atoms with Crippen molar-refractivity contribution in [3.05, 3.63) is 94.8 Å². The first-order valence-corrected chi connectivity index (χ1v) is 24.5. The number of ether oxygens (including phenoxy) is 1. The predicted octanol–water partition coefficient (Wildman–Crippen LogP) is 7.71. The number of aryl methyl sites for hydroxylation is 1. The van der Waals surface area contributed by atoms with Gasteiger partial charge in [-0.25, -0.2) is 0 Å². The number of carbonyl (C=O) groups is 2. The van der Waals surface area contributed by atoms with Gasteiger partial charge in [-0.3, -0.25) is 9.59 Å². The molecule has 5 aliphatic rings. The monoisotopic (exact) mass is 886 g/mol. The van der Waals surface area contributed by atoms with Crippen molar-refractivity contribution in [3.8, 4) is 23.3 Å². The molecule has 1 saturated heterocycles. The summed E-state index contributed by atoms with van der Waals surface area (Å²) in [5.41, 5.74) is 8.61. The number of methoxy groups -OCH3 is 1. The molecule has 65 heavy (non-hydrogen) atoms. The first-order chi connectivity index (χ1) is 31.3. The molecule has 10 heteroatoms. The first kappa shape index (κ1) is 46.9. The topological polar surface area (TPSA) is 174 Å². The number of nitrogens with one attached hydrogen (secondary N) is 2. The second kappa shape index (κ2) is 20.5. The van der Waals surface area contributed by atoms with Crippen LogP contribution in [-0.2, 0) is 16.0 Å². The van der Waals surface area contributed by atoms with Crippen LogP contribution in [0, 0.1) is 46.8 Å². The molecule has 348 valence electrons. The molecule has 3 fully saturated rings. The summed E-state index contributed by atoms with van der Waals surface area (Å²) in [5.74, 6) is 8.22. The smallest absolute Gasteiger partial charge is 0.160 e. The number of rotatable bonds is 14. The molecule has 2 aliphatic heterocycles. The fourth-order valence-corrected chi connectivity index (χ4v) is 12.0. The van der Waals surface area contributed by atoms with Crippen LogP contribution in [0.2, 0.25) is 0 Å². The lowest BCUT2D eigenvalue weighted by Gasteiger charge is -2.42. The predicted molar refractivity (Wildman–Crippen MR) is 255 cm³/mol. The van der Waals surface area contributed by atoms with Crippen LogP contribution in [0.15, 0.2) is 78.1 Å². The van der Waals surface area contributed by atoms with E-state index in [1.165, 1.54) is 7.11 Å². The highest BCUT2D eigenvalue weighted by atomic mass is 16.5. The summed E-state index contributed by atoms with van der Waals surface area (Å²) in [6.45, 7) is 5.81. The van der Waals surface area contributed by atoms with E-state index >= 15 is 0 Å². The van der Waals surface area contributed by atoms with E-state index in [0.29, 0.717) is 86.0 Å². The molecule has 3 aromatic carbocycles. The average Bonchev–Trinajstić information content (AvgIpc) is 3.34. The van der Waals surface area contributed by atoms with Crippen molar-refractivity contribution in [1.82, 2.24) is 10.6 Å². The maximum absolute atomic E-state index is 14.4. The van der Waals surface area contributed by atoms with Crippen LogP contribution in [0.1, 0.15) is 126 Å². The van der Waals surface area contributed by atoms with Crippen LogP contribution < -0.4 is 21.1 Å². The van der Waals surface area contributed by atoms with E-state index in [0.717, 1.165) is 72.5 Å². The number of fused-ring (bicyclic) bond motifs is 3. The number of hydrogen-bond acceptors (Lipinski definition) is 10. The molecule has 3 aliphatic carbocycles. The number of aliphatic hydroxyl groups is 3. The second-order valence-corrected chi connectivity index (χ2v) is 20.5. The van der Waals surface area contributed by atoms with Gasteiger partial charge in [0.15, 0.2) is 17.3 Å². The number of Topliss-reactive ketones (excluding diaryl/α,β-unsaturated/α-hetero) is 2. The number of piperidine rings is 1. The molecule has 2 heterocycles. The highest BCUT2D eigenvalue weighted by Gasteiger charge is 2.48. The lowest BCUT2D eigenvalue weighted by Crippen LogP contribution is -2.49. The number of dihydropyridines is 1. The van der Waals surface area contributed by atoms with Crippen molar-refractivity contribution in [2.45, 2.75) is 140 Å². The molecule has 8 N–H and O–H groups in total. The van der Waals surface area contributed by atoms with Crippen LogP contribution >= 0.6 is 0 Å². The van der Waals surface area contributed by atoms with Crippen molar-refractivity contribution in [3.63, 3.8) is 0 Å². The van der Waals surface area contributed by atoms with Crippen molar-refractivity contribution in [1.29, 1.82) is 0 Å². The Morgan fingerprint density at radius 1 is 0.954 bits per heavy atom. The third kappa shape index (κ3) is 10.5. The molecule has 0 bridgehead atoms. The zero-order chi connectivity index (χ0) is 45.8. The third-order valence-electron chi connectivity index (χ3n) is 15.8. The molecule has 1 spiro atoms. The number of aromatic hydroxyl groups is 1. The van der Waals surface area contributed by atoms with E-state index < -0.39 is 35.6 Å². The number of aliphatic hydroxyl groups excluding tert-OH is 3. The van der Waals surface area contributed by atoms with Crippen molar-refractivity contribution >= 4 is 22.3 Å². The maximum atomic E-state index is 14.4. The zero-order valence-electron chi connectivity index (χ0n) is 38.6. The van der Waals surface area contributed by atoms with Gasteiger partial charge in [0.05, 0.1) is 31.2 Å². The van der Waals surface area contributed by atoms with Crippen LogP contribution in [0.4, 0.5) is 0 Å². The summed E-state index contributed by atoms with van der Waals surface area (Å²) in [5, 5.41) is 57.3. The lowest BCUT2D eigenvalue weighted by atomic mass is 9.64. The number of nitrogens with two attached hydrogens (primary N) is 1. The summed E-state index contributed by atoms with van der Waals surface area (Å²) < 4.78 is 5.53. The van der Waals surface area contributed by atoms with Crippen molar-refractivity contribution < 1.29 is 34.8 Å². The zero-order valence-corrected chi connectivity index (χ0v) is 38.6. The average molecular weight is 886 g/mol. The Hall–Kier alpha value is -4.66. The summed E-state index contributed by atoms with van der Waals surface area (Å²) in [6.07, 6.45) is 9.94. The first-order valence-electron chi connectivity index (χ1n) is 24.5. The quantitative estimate of drug-likeness (QED) is 0.0795. The van der Waals surface area contributed by atoms with E-state index in [2.05, 4.69) is 72.7 Å². The highest BCUT2D eigenvalue weighted by molar-refractivity contribution is 5.89. The van der Waals surface area contributed by atoms with Gasteiger partial charge >= 0.3 is 0 Å². The molecule has 0 amide bonds. The van der Waals surface area contributed by atoms with E-state index in [1.807, 2.05) is 18.2 Å². The number of hydrogen-bond donors (Lipinski definition) is 7. The molecule has 10 nitrogen and oxygen atoms in total. The fraction of sp³-hybridized carbons (Fsp3) is 0.564. The Balaban J connectivity index is 1.07. The lowest BCUT2D eigenvalue weighted by molar-refractivity contribution is -0.134. The molecule has 2 saturated carbocycles. The van der Waals surface area contributed by atoms with Crippen LogP contribution in [0.25, 0.3) is 10.8 Å². The van der Waals surface area contributed by atoms with Gasteiger partial charge in [-0.05, 0) is 145 Å². The van der Waals surface area contributed by atoms with Gasteiger partial charge in [-0.1, -0.05) is 87.1 Å². The number of phenols is 1. The van der Waals surface area contributed by atoms with Gasteiger partial charge in [-0.2, -0.15) is 0 Å². The van der Waals surface area contributed by atoms with Gasteiger partial charge in [0.2, 0.25) is 0 Å². The Bertz CT molecular complexity index is 2330. The minimum Gasteiger partial charge on any atom is -0.504 e. The number of phenolic OH excluding ortho intramolecular Hbond substituents is 1. The van der Waals surface area contributed by atoms with Crippen LogP contribution in [0.5, 0.6) is 11.5 Å². The van der Waals surface area contributed by atoms with E-state index in [4.69, 9.17) is 10.5 Å². The largest absolute Gasteiger partial charge is 0.504 e. The third-order valence-corrected chi connectivity index (χ3v) is 15.8. The van der Waals surface area contributed by atoms with E-state index in [1.54, 1.807) is 12.1 Å². The maximum Gasteiger partial charge on any atom is 0.160 e. The molecule has 0 aromatic heterocycles. The minimum absolute atomic E-state index is 0.0442. The summed E-state index contributed by atoms with van der Waals surface area (Å²) in [7, 11) is 1.49. The molecule has 3 aromatic rings. The number of carbonyl (C=O) groups excluding carboxylic acids is 2. The van der Waals surface area contributed by atoms with Gasteiger partial charge in [0.1, 0.15) is 11.2 Å². The van der Waals surface area contributed by atoms with Crippen LogP contribution in [-0.4, -0.2) is 76.5 Å². The van der Waals surface area contributed by atoms with Gasteiger partial charge in [0.25, 0.3) is 0 Å². The Labute approximate surface area is 385 Å². The molecular weight excluding hydrogens is 815 g/mol. The number of ketones is 2. The molecule has 8 rings (SSSR count). The Morgan fingerprint density at radius 3 is 2.52 bits per heavy atom. The number of benzene rings is 3. The second-order valence-electron chi connectivity index (χ2n) is 20.5. The Kier molecular flexibility index (Phi) is 14.8. The molecule has 11 atom stereocenters. The van der Waals surface area contributed by atoms with E-state index in [9.17, 15) is 30.0 Å². The number of allylic oxidation sites excluding steroid dienone is 2. The van der Waals surface area contributed by atoms with Crippen molar-refractivity contribution in [2.24, 2.45) is 40.7 Å². The normalized spacial score (nSPS) is 28.8. The Morgan fingerprint density at radius 2 is 1.75 bits per heavy atom. The van der Waals surface area contributed by atoms with Gasteiger partial charge in [-0.15, -0.1) is 0 Å². The molecule has 0 radical (unpaired) electrons. The van der Waals surface area contributed by atoms with E-state index in [-0.39, 0.29) is 42.0 Å². The minimum atomic E-state index is -1.25. The van der Waals surface area contributed by atoms with Gasteiger partial charge < -0.3 is 41.5 Å². The standard InChI is InChI=1S/C55H71N3O7/c1-33(2)8-16-44(53(42-20-23-57-52(56)29-42)41-12-11-36-6-4-5-7-37(36)26-41)54(64)48(61)27-39-19-22-55(50(62)17-14-38-28-49(65-3)47(60)31-45(38)39)21-18-34(25-51(55)63)9-10-35-24-40-13-15-43(59)30-46(40)58-32-35/h4-7,11-12,20,26,28-29,31,33-35,39-40,44,46,48,51,53-54,57-58,60-61,63-64H,8-10,13-18,21,23-25,27,30,32,56H2,1-3H3/t34-,35-,39+,40+,44+,46+,48-,51+,53-,54+,55-/m0/s1. The SMILES string of the molecule is COc1cc2c(cc1O)[C@@H](C[C@H](O)[C@H](O)[C@H](CCC(C)C)[C@H](C1=CCNC(N)=C1)c1ccc3ccccc3c1)C#C[C@@]1(CC[C@H](CC[C@@H]3CN[C@@H]4CC(=O)CC[C@@H]4C3)C[C@H]1O)C(=O)CC2. The summed E-state index contributed by atoms with van der Waals surface area (Å²) >= 11 is 0. The van der Waals surface area contributed by atoms with Crippen LogP contribution in [0.3, 0.4) is 0 Å². The molecular formula is C55H71N3O7. The fourth-order valence-electron chi connectivity index (χ4n) is 12.0. The van der Waals surface area contributed by atoms with Gasteiger partial charge in [0, 0.05) is 43.7 Å².